The molecule has 7 heteroatoms. The summed E-state index contributed by atoms with van der Waals surface area (Å²) < 4.78 is 12.1. The molecular formula is C18H18N2O4S. The zero-order valence-corrected chi connectivity index (χ0v) is 14.5. The van der Waals surface area contributed by atoms with Crippen LogP contribution in [0.5, 0.6) is 0 Å². The van der Waals surface area contributed by atoms with Gasteiger partial charge in [0.15, 0.2) is 5.16 Å². The number of esters is 1. The topological polar surface area (TPSA) is 77.5 Å². The predicted octanol–water partition coefficient (Wildman–Crippen LogP) is 3.10. The SMILES string of the molecule is COC(=O)c1ccc(CSc2nc(CO)cn2Cc2ccccc2)o1. The van der Waals surface area contributed by atoms with Crippen molar-refractivity contribution in [2.45, 2.75) is 24.1 Å². The number of ether oxygens (including phenoxy) is 1. The maximum atomic E-state index is 11.4. The van der Waals surface area contributed by atoms with E-state index < -0.39 is 5.97 Å². The van der Waals surface area contributed by atoms with Gasteiger partial charge in [-0.1, -0.05) is 42.1 Å². The first-order valence-electron chi connectivity index (χ1n) is 7.70. The molecule has 0 bridgehead atoms. The summed E-state index contributed by atoms with van der Waals surface area (Å²) in [7, 11) is 1.32. The second-order valence-electron chi connectivity index (χ2n) is 5.33. The fraction of sp³-hybridized carbons (Fsp3) is 0.222. The van der Waals surface area contributed by atoms with Crippen LogP contribution < -0.4 is 0 Å². The Morgan fingerprint density at radius 1 is 1.28 bits per heavy atom. The summed E-state index contributed by atoms with van der Waals surface area (Å²) in [4.78, 5) is 15.9. The quantitative estimate of drug-likeness (QED) is 0.517. The summed E-state index contributed by atoms with van der Waals surface area (Å²) >= 11 is 1.48. The Balaban J connectivity index is 1.72. The lowest BCUT2D eigenvalue weighted by Crippen LogP contribution is -2.00. The number of aromatic nitrogens is 2. The Morgan fingerprint density at radius 2 is 2.08 bits per heavy atom. The van der Waals surface area contributed by atoms with Crippen molar-refractivity contribution in [1.82, 2.24) is 9.55 Å². The maximum Gasteiger partial charge on any atom is 0.373 e. The number of aliphatic hydroxyl groups is 1. The molecule has 1 N–H and O–H groups in total. The number of furan rings is 1. The minimum atomic E-state index is -0.496. The van der Waals surface area contributed by atoms with Gasteiger partial charge in [-0.15, -0.1) is 0 Å². The number of aliphatic hydroxyl groups excluding tert-OH is 1. The van der Waals surface area contributed by atoms with E-state index in [1.807, 2.05) is 41.1 Å². The second-order valence-corrected chi connectivity index (χ2v) is 6.28. The number of carbonyl (C=O) groups excluding carboxylic acids is 1. The minimum Gasteiger partial charge on any atom is -0.463 e. The van der Waals surface area contributed by atoms with Gasteiger partial charge in [0.2, 0.25) is 5.76 Å². The highest BCUT2D eigenvalue weighted by Gasteiger charge is 2.13. The Hall–Kier alpha value is -2.51. The molecule has 1 aromatic carbocycles. The molecule has 0 aliphatic carbocycles. The van der Waals surface area contributed by atoms with E-state index >= 15 is 0 Å². The molecule has 0 saturated heterocycles. The van der Waals surface area contributed by atoms with Gasteiger partial charge >= 0.3 is 5.97 Å². The number of hydrogen-bond acceptors (Lipinski definition) is 6. The highest BCUT2D eigenvalue weighted by molar-refractivity contribution is 7.98. The van der Waals surface area contributed by atoms with Crippen molar-refractivity contribution in [2.75, 3.05) is 7.11 Å². The van der Waals surface area contributed by atoms with Gasteiger partial charge in [0, 0.05) is 12.7 Å². The van der Waals surface area contributed by atoms with Crippen LogP contribution in [0.15, 0.2) is 58.2 Å². The molecule has 130 valence electrons. The van der Waals surface area contributed by atoms with E-state index in [1.54, 1.807) is 12.1 Å². The van der Waals surface area contributed by atoms with Crippen LogP contribution in [0.2, 0.25) is 0 Å². The summed E-state index contributed by atoms with van der Waals surface area (Å²) in [6, 6.07) is 13.4. The molecule has 0 radical (unpaired) electrons. The number of benzene rings is 1. The zero-order chi connectivity index (χ0) is 17.6. The Labute approximate surface area is 149 Å². The zero-order valence-electron chi connectivity index (χ0n) is 13.7. The summed E-state index contributed by atoms with van der Waals surface area (Å²) in [5.74, 6) is 0.865. The lowest BCUT2D eigenvalue weighted by molar-refractivity contribution is 0.0563. The standard InChI is InChI=1S/C18H18N2O4S/c1-23-17(22)16-8-7-15(24-16)12-25-18-19-14(11-21)10-20(18)9-13-5-3-2-4-6-13/h2-8,10,21H,9,11-12H2,1H3. The molecule has 0 aliphatic heterocycles. The van der Waals surface area contributed by atoms with Gasteiger partial charge in [-0.3, -0.25) is 0 Å². The van der Waals surface area contributed by atoms with Crippen LogP contribution in [0.25, 0.3) is 0 Å². The fourth-order valence-corrected chi connectivity index (χ4v) is 3.23. The highest BCUT2D eigenvalue weighted by Crippen LogP contribution is 2.24. The molecule has 3 rings (SSSR count). The van der Waals surface area contributed by atoms with Crippen molar-refractivity contribution >= 4 is 17.7 Å². The van der Waals surface area contributed by atoms with Crippen molar-refractivity contribution in [3.8, 4) is 0 Å². The predicted molar refractivity (Wildman–Crippen MR) is 93.3 cm³/mol. The first-order valence-corrected chi connectivity index (χ1v) is 8.69. The van der Waals surface area contributed by atoms with Crippen LogP contribution >= 0.6 is 11.8 Å². The molecule has 0 spiro atoms. The molecular weight excluding hydrogens is 340 g/mol. The number of nitrogens with zero attached hydrogens (tertiary/aromatic N) is 2. The average molecular weight is 358 g/mol. The average Bonchev–Trinajstić information content (AvgIpc) is 3.27. The molecule has 0 unspecified atom stereocenters. The van der Waals surface area contributed by atoms with E-state index in [0.29, 0.717) is 23.8 Å². The van der Waals surface area contributed by atoms with Crippen LogP contribution in [0.1, 0.15) is 27.6 Å². The molecule has 0 aliphatic rings. The Morgan fingerprint density at radius 3 is 2.80 bits per heavy atom. The fourth-order valence-electron chi connectivity index (χ4n) is 2.34. The normalized spacial score (nSPS) is 10.8. The van der Waals surface area contributed by atoms with E-state index in [2.05, 4.69) is 9.72 Å². The lowest BCUT2D eigenvalue weighted by atomic mass is 10.2. The van der Waals surface area contributed by atoms with Gasteiger partial charge in [0.1, 0.15) is 5.76 Å². The number of methoxy groups -OCH3 is 1. The van der Waals surface area contributed by atoms with Crippen molar-refractivity contribution < 1.29 is 19.1 Å². The number of rotatable bonds is 7. The molecule has 0 amide bonds. The number of carbonyl (C=O) groups is 1. The number of thioether (sulfide) groups is 1. The van der Waals surface area contributed by atoms with Crippen LogP contribution in [-0.4, -0.2) is 27.7 Å². The van der Waals surface area contributed by atoms with Crippen LogP contribution in [0, 0.1) is 0 Å². The van der Waals surface area contributed by atoms with E-state index in [9.17, 15) is 9.90 Å². The first kappa shape index (κ1) is 17.3. The van der Waals surface area contributed by atoms with Gasteiger partial charge < -0.3 is 18.8 Å². The molecule has 6 nitrogen and oxygen atoms in total. The summed E-state index contributed by atoms with van der Waals surface area (Å²) in [5.41, 5.74) is 1.77. The monoisotopic (exact) mass is 358 g/mol. The summed E-state index contributed by atoms with van der Waals surface area (Å²) in [5, 5.41) is 10.1. The third kappa shape index (κ3) is 4.32. The van der Waals surface area contributed by atoms with Crippen molar-refractivity contribution in [2.24, 2.45) is 0 Å². The van der Waals surface area contributed by atoms with Crippen LogP contribution in [-0.2, 0) is 23.6 Å². The molecule has 25 heavy (non-hydrogen) atoms. The van der Waals surface area contributed by atoms with E-state index in [-0.39, 0.29) is 12.4 Å². The van der Waals surface area contributed by atoms with Crippen LogP contribution in [0.3, 0.4) is 0 Å². The van der Waals surface area contributed by atoms with E-state index in [0.717, 1.165) is 10.7 Å². The molecule has 0 fully saturated rings. The van der Waals surface area contributed by atoms with E-state index in [4.69, 9.17) is 4.42 Å². The third-order valence-corrected chi connectivity index (χ3v) is 4.55. The maximum absolute atomic E-state index is 11.4. The number of hydrogen-bond donors (Lipinski definition) is 1. The van der Waals surface area contributed by atoms with Gasteiger partial charge in [0.25, 0.3) is 0 Å². The molecule has 0 atom stereocenters. The smallest absolute Gasteiger partial charge is 0.373 e. The van der Waals surface area contributed by atoms with Crippen molar-refractivity contribution in [3.63, 3.8) is 0 Å². The summed E-state index contributed by atoms with van der Waals surface area (Å²) in [6.45, 7) is 0.560. The van der Waals surface area contributed by atoms with Gasteiger partial charge in [0.05, 0.1) is 25.2 Å². The van der Waals surface area contributed by atoms with Crippen molar-refractivity contribution in [1.29, 1.82) is 0 Å². The lowest BCUT2D eigenvalue weighted by Gasteiger charge is -2.06. The second kappa shape index (κ2) is 8.04. The summed E-state index contributed by atoms with van der Waals surface area (Å²) in [6.07, 6.45) is 1.84. The Bertz CT molecular complexity index is 842. The highest BCUT2D eigenvalue weighted by atomic mass is 32.2. The molecule has 0 saturated carbocycles. The molecule has 3 aromatic rings. The molecule has 2 aromatic heterocycles. The molecule has 2 heterocycles. The van der Waals surface area contributed by atoms with Crippen molar-refractivity contribution in [3.05, 3.63) is 71.4 Å². The number of imidazole rings is 1. The minimum absolute atomic E-state index is 0.109. The van der Waals surface area contributed by atoms with Gasteiger partial charge in [-0.25, -0.2) is 9.78 Å². The Kier molecular flexibility index (Phi) is 5.57. The van der Waals surface area contributed by atoms with E-state index in [1.165, 1.54) is 18.9 Å². The van der Waals surface area contributed by atoms with Gasteiger partial charge in [-0.2, -0.15) is 0 Å². The largest absolute Gasteiger partial charge is 0.463 e. The van der Waals surface area contributed by atoms with Crippen LogP contribution in [0.4, 0.5) is 0 Å². The van der Waals surface area contributed by atoms with Gasteiger partial charge in [-0.05, 0) is 17.7 Å². The third-order valence-electron chi connectivity index (χ3n) is 3.54. The first-order chi connectivity index (χ1) is 12.2.